The standard InChI is InChI=1S/C19H25N3O2S/c1-15(19(24)20-9-8-18-3-2-14-25-18)21-10-12-22(13-11-21)16-4-6-17(23)7-5-16/h2-7,14-15,23H,8-13H2,1H3,(H,20,24). The van der Waals surface area contributed by atoms with Crippen molar-refractivity contribution in [1.82, 2.24) is 10.2 Å². The van der Waals surface area contributed by atoms with Gasteiger partial charge in [-0.25, -0.2) is 0 Å². The van der Waals surface area contributed by atoms with Gasteiger partial charge >= 0.3 is 0 Å². The van der Waals surface area contributed by atoms with Crippen molar-refractivity contribution < 1.29 is 9.90 Å². The number of phenols is 1. The van der Waals surface area contributed by atoms with Gasteiger partial charge in [0, 0.05) is 43.3 Å². The Labute approximate surface area is 152 Å². The normalized spacial score (nSPS) is 16.6. The minimum Gasteiger partial charge on any atom is -0.508 e. The molecule has 25 heavy (non-hydrogen) atoms. The molecule has 134 valence electrons. The molecule has 2 N–H and O–H groups in total. The largest absolute Gasteiger partial charge is 0.508 e. The summed E-state index contributed by atoms with van der Waals surface area (Å²) in [6.45, 7) is 6.17. The van der Waals surface area contributed by atoms with E-state index in [4.69, 9.17) is 0 Å². The van der Waals surface area contributed by atoms with E-state index in [9.17, 15) is 9.90 Å². The van der Waals surface area contributed by atoms with Crippen LogP contribution in [0.15, 0.2) is 41.8 Å². The maximum Gasteiger partial charge on any atom is 0.237 e. The summed E-state index contributed by atoms with van der Waals surface area (Å²) in [4.78, 5) is 18.2. The summed E-state index contributed by atoms with van der Waals surface area (Å²) >= 11 is 1.73. The van der Waals surface area contributed by atoms with Gasteiger partial charge in [-0.05, 0) is 49.1 Å². The third-order valence-corrected chi connectivity index (χ3v) is 5.64. The number of benzene rings is 1. The number of aromatic hydroxyl groups is 1. The van der Waals surface area contributed by atoms with Gasteiger partial charge < -0.3 is 15.3 Å². The Morgan fingerprint density at radius 1 is 1.20 bits per heavy atom. The molecular formula is C19H25N3O2S. The van der Waals surface area contributed by atoms with Gasteiger partial charge in [0.1, 0.15) is 5.75 Å². The topological polar surface area (TPSA) is 55.8 Å². The Hall–Kier alpha value is -2.05. The SMILES string of the molecule is CC(C(=O)NCCc1cccs1)N1CCN(c2ccc(O)cc2)CC1. The van der Waals surface area contributed by atoms with Crippen LogP contribution in [0.2, 0.25) is 0 Å². The maximum atomic E-state index is 12.4. The number of phenolic OH excluding ortho intramolecular Hbond substituents is 1. The summed E-state index contributed by atoms with van der Waals surface area (Å²) in [5, 5.41) is 14.5. The minimum atomic E-state index is -0.106. The zero-order chi connectivity index (χ0) is 17.6. The highest BCUT2D eigenvalue weighted by molar-refractivity contribution is 7.09. The number of piperazine rings is 1. The highest BCUT2D eigenvalue weighted by Gasteiger charge is 2.25. The molecule has 1 aromatic heterocycles. The van der Waals surface area contributed by atoms with E-state index in [0.717, 1.165) is 38.3 Å². The van der Waals surface area contributed by atoms with Crippen LogP contribution < -0.4 is 10.2 Å². The number of anilines is 1. The van der Waals surface area contributed by atoms with Crippen molar-refractivity contribution in [3.63, 3.8) is 0 Å². The van der Waals surface area contributed by atoms with Crippen molar-refractivity contribution >= 4 is 22.9 Å². The third-order valence-electron chi connectivity index (χ3n) is 4.71. The molecule has 2 heterocycles. The first kappa shape index (κ1) is 17.8. The Morgan fingerprint density at radius 2 is 1.92 bits per heavy atom. The molecule has 1 amide bonds. The van der Waals surface area contributed by atoms with Gasteiger partial charge in [-0.3, -0.25) is 9.69 Å². The highest BCUT2D eigenvalue weighted by atomic mass is 32.1. The molecule has 5 nitrogen and oxygen atoms in total. The van der Waals surface area contributed by atoms with Gasteiger partial charge in [-0.2, -0.15) is 0 Å². The van der Waals surface area contributed by atoms with E-state index < -0.39 is 0 Å². The average molecular weight is 359 g/mol. The molecule has 0 bridgehead atoms. The van der Waals surface area contributed by atoms with Crippen LogP contribution in [0.3, 0.4) is 0 Å². The number of nitrogens with one attached hydrogen (secondary N) is 1. The lowest BCUT2D eigenvalue weighted by Crippen LogP contribution is -2.54. The smallest absolute Gasteiger partial charge is 0.237 e. The highest BCUT2D eigenvalue weighted by Crippen LogP contribution is 2.20. The number of rotatable bonds is 6. The monoisotopic (exact) mass is 359 g/mol. The van der Waals surface area contributed by atoms with Crippen molar-refractivity contribution in [3.8, 4) is 5.75 Å². The third kappa shape index (κ3) is 4.74. The number of hydrogen-bond acceptors (Lipinski definition) is 5. The lowest BCUT2D eigenvalue weighted by atomic mass is 10.2. The van der Waals surface area contributed by atoms with Crippen LogP contribution in [-0.2, 0) is 11.2 Å². The Bertz CT molecular complexity index is 664. The van der Waals surface area contributed by atoms with Gasteiger partial charge in [0.15, 0.2) is 0 Å². The second-order valence-electron chi connectivity index (χ2n) is 6.34. The fraction of sp³-hybridized carbons (Fsp3) is 0.421. The second kappa shape index (κ2) is 8.36. The van der Waals surface area contributed by atoms with Gasteiger partial charge in [0.2, 0.25) is 5.91 Å². The molecule has 1 aromatic carbocycles. The van der Waals surface area contributed by atoms with Gasteiger partial charge in [0.25, 0.3) is 0 Å². The molecule has 1 unspecified atom stereocenters. The average Bonchev–Trinajstić information content (AvgIpc) is 3.15. The van der Waals surface area contributed by atoms with Gasteiger partial charge in [-0.1, -0.05) is 6.07 Å². The summed E-state index contributed by atoms with van der Waals surface area (Å²) in [6.07, 6.45) is 0.894. The molecule has 1 aliphatic rings. The predicted octanol–water partition coefficient (Wildman–Crippen LogP) is 2.32. The van der Waals surface area contributed by atoms with Crippen LogP contribution in [0.4, 0.5) is 5.69 Å². The summed E-state index contributed by atoms with van der Waals surface area (Å²) in [6, 6.07) is 11.3. The van der Waals surface area contributed by atoms with Crippen LogP contribution >= 0.6 is 11.3 Å². The molecule has 2 aromatic rings. The molecule has 0 saturated carbocycles. The first-order chi connectivity index (χ1) is 12.1. The van der Waals surface area contributed by atoms with Crippen LogP contribution in [0, 0.1) is 0 Å². The van der Waals surface area contributed by atoms with Crippen LogP contribution in [0.5, 0.6) is 5.75 Å². The van der Waals surface area contributed by atoms with Crippen molar-refractivity contribution in [3.05, 3.63) is 46.7 Å². The van der Waals surface area contributed by atoms with Crippen LogP contribution in [0.1, 0.15) is 11.8 Å². The maximum absolute atomic E-state index is 12.4. The summed E-state index contributed by atoms with van der Waals surface area (Å²) in [7, 11) is 0. The Balaban J connectivity index is 1.43. The number of carbonyl (C=O) groups is 1. The fourth-order valence-corrected chi connectivity index (χ4v) is 3.82. The van der Waals surface area contributed by atoms with Gasteiger partial charge in [0.05, 0.1) is 6.04 Å². The number of carbonyl (C=O) groups excluding carboxylic acids is 1. The molecule has 1 fully saturated rings. The molecule has 0 radical (unpaired) electrons. The van der Waals surface area contributed by atoms with E-state index >= 15 is 0 Å². The predicted molar refractivity (Wildman–Crippen MR) is 102 cm³/mol. The zero-order valence-electron chi connectivity index (χ0n) is 14.5. The van der Waals surface area contributed by atoms with E-state index in [1.807, 2.05) is 25.1 Å². The molecule has 1 atom stereocenters. The lowest BCUT2D eigenvalue weighted by Gasteiger charge is -2.38. The lowest BCUT2D eigenvalue weighted by molar-refractivity contribution is -0.125. The van der Waals surface area contributed by atoms with Crippen molar-refractivity contribution in [1.29, 1.82) is 0 Å². The van der Waals surface area contributed by atoms with Crippen LogP contribution in [0.25, 0.3) is 0 Å². The Morgan fingerprint density at radius 3 is 2.56 bits per heavy atom. The van der Waals surface area contributed by atoms with Crippen molar-refractivity contribution in [2.45, 2.75) is 19.4 Å². The molecule has 1 aliphatic heterocycles. The van der Waals surface area contributed by atoms with Crippen molar-refractivity contribution in [2.24, 2.45) is 0 Å². The molecule has 1 saturated heterocycles. The zero-order valence-corrected chi connectivity index (χ0v) is 15.3. The van der Waals surface area contributed by atoms with E-state index in [1.54, 1.807) is 23.5 Å². The quantitative estimate of drug-likeness (QED) is 0.831. The van der Waals surface area contributed by atoms with E-state index in [1.165, 1.54) is 4.88 Å². The van der Waals surface area contributed by atoms with E-state index in [2.05, 4.69) is 26.6 Å². The molecule has 0 spiro atoms. The summed E-state index contributed by atoms with van der Waals surface area (Å²) < 4.78 is 0. The molecule has 6 heteroatoms. The van der Waals surface area contributed by atoms with Gasteiger partial charge in [-0.15, -0.1) is 11.3 Å². The number of hydrogen-bond donors (Lipinski definition) is 2. The number of thiophene rings is 1. The Kier molecular flexibility index (Phi) is 5.94. The van der Waals surface area contributed by atoms with E-state index in [0.29, 0.717) is 6.54 Å². The second-order valence-corrected chi connectivity index (χ2v) is 7.37. The molecular weight excluding hydrogens is 334 g/mol. The summed E-state index contributed by atoms with van der Waals surface area (Å²) in [5.41, 5.74) is 1.12. The summed E-state index contributed by atoms with van der Waals surface area (Å²) in [5.74, 6) is 0.393. The minimum absolute atomic E-state index is 0.106. The van der Waals surface area contributed by atoms with Crippen molar-refractivity contribution in [2.75, 3.05) is 37.6 Å². The number of nitrogens with zero attached hydrogens (tertiary/aromatic N) is 2. The fourth-order valence-electron chi connectivity index (χ4n) is 3.11. The first-order valence-electron chi connectivity index (χ1n) is 8.71. The van der Waals surface area contributed by atoms with E-state index in [-0.39, 0.29) is 17.7 Å². The first-order valence-corrected chi connectivity index (χ1v) is 9.59. The molecule has 3 rings (SSSR count). The number of amides is 1. The molecule has 0 aliphatic carbocycles. The van der Waals surface area contributed by atoms with Crippen LogP contribution in [-0.4, -0.2) is 54.7 Å².